The van der Waals surface area contributed by atoms with E-state index in [1.165, 1.54) is 0 Å². The fourth-order valence-electron chi connectivity index (χ4n) is 3.33. The van der Waals surface area contributed by atoms with Gasteiger partial charge < -0.3 is 20.5 Å². The average molecular weight is 406 g/mol. The Morgan fingerprint density at radius 1 is 1.00 bits per heavy atom. The summed E-state index contributed by atoms with van der Waals surface area (Å²) in [4.78, 5) is 26.8. The highest BCUT2D eigenvalue weighted by atomic mass is 16.4. The molecule has 0 saturated heterocycles. The molecule has 154 valence electrons. The molecule has 0 aliphatic rings. The number of hydrogen-bond donors (Lipinski definition) is 4. The second kappa shape index (κ2) is 8.60. The summed E-state index contributed by atoms with van der Waals surface area (Å²) >= 11 is 0. The molecular weight excluding hydrogens is 384 g/mol. The molecule has 3 rings (SSSR count). The number of carbonyl (C=O) groups is 2. The number of aryl methyl sites for hydroxylation is 1. The van der Waals surface area contributed by atoms with Gasteiger partial charge in [0.1, 0.15) is 11.7 Å². The summed E-state index contributed by atoms with van der Waals surface area (Å²) in [5.41, 5.74) is 9.28. The molecule has 3 aromatic rings. The van der Waals surface area contributed by atoms with Gasteiger partial charge in [-0.15, -0.1) is 0 Å². The summed E-state index contributed by atoms with van der Waals surface area (Å²) in [7, 11) is 1.88. The number of aliphatic carboxylic acids is 2. The van der Waals surface area contributed by atoms with Crippen LogP contribution < -0.4 is 5.73 Å². The molecule has 2 aromatic carbocycles. The Kier molecular flexibility index (Phi) is 5.96. The number of nitrogens with zero attached hydrogens (tertiary/aromatic N) is 2. The number of nitrogens with two attached hydrogens (primary N) is 1. The van der Waals surface area contributed by atoms with E-state index < -0.39 is 17.9 Å². The first-order valence-electron chi connectivity index (χ1n) is 9.26. The van der Waals surface area contributed by atoms with Crippen LogP contribution in [0.5, 0.6) is 0 Å². The Morgan fingerprint density at radius 3 is 2.03 bits per heavy atom. The van der Waals surface area contributed by atoms with E-state index in [9.17, 15) is 9.59 Å². The van der Waals surface area contributed by atoms with Crippen LogP contribution in [0.2, 0.25) is 0 Å². The van der Waals surface area contributed by atoms with Crippen LogP contribution in [0.4, 0.5) is 0 Å². The van der Waals surface area contributed by atoms with Gasteiger partial charge in [0, 0.05) is 35.9 Å². The molecule has 0 aliphatic carbocycles. The van der Waals surface area contributed by atoms with Crippen LogP contribution in [0.1, 0.15) is 29.9 Å². The molecule has 0 spiro atoms. The van der Waals surface area contributed by atoms with Crippen molar-refractivity contribution < 1.29 is 19.8 Å². The predicted octanol–water partition coefficient (Wildman–Crippen LogP) is 3.07. The van der Waals surface area contributed by atoms with Crippen LogP contribution >= 0.6 is 0 Å². The summed E-state index contributed by atoms with van der Waals surface area (Å²) in [5, 5.41) is 25.6. The van der Waals surface area contributed by atoms with Crippen molar-refractivity contribution in [2.45, 2.75) is 18.8 Å². The maximum atomic E-state index is 11.1. The second-order valence-electron chi connectivity index (χ2n) is 7.07. The van der Waals surface area contributed by atoms with E-state index in [4.69, 9.17) is 21.4 Å². The quantitative estimate of drug-likeness (QED) is 0.334. The van der Waals surface area contributed by atoms with Gasteiger partial charge in [-0.05, 0) is 5.56 Å². The van der Waals surface area contributed by atoms with Crippen LogP contribution in [0.25, 0.3) is 22.6 Å². The minimum Gasteiger partial charge on any atom is -0.481 e. The second-order valence-corrected chi connectivity index (χ2v) is 7.07. The number of carboxylic acids is 2. The molecule has 0 radical (unpaired) electrons. The summed E-state index contributed by atoms with van der Waals surface area (Å²) < 4.78 is 1.88. The normalized spacial score (nSPS) is 10.9. The van der Waals surface area contributed by atoms with Gasteiger partial charge >= 0.3 is 11.9 Å². The van der Waals surface area contributed by atoms with Crippen LogP contribution in [-0.2, 0) is 16.6 Å². The maximum Gasteiger partial charge on any atom is 0.303 e. The molecule has 0 atom stereocenters. The zero-order valence-electron chi connectivity index (χ0n) is 16.4. The molecule has 0 unspecified atom stereocenters. The van der Waals surface area contributed by atoms with Gasteiger partial charge in [0.25, 0.3) is 0 Å². The third-order valence-electron chi connectivity index (χ3n) is 4.85. The van der Waals surface area contributed by atoms with E-state index in [0.717, 1.165) is 22.6 Å². The molecule has 0 aliphatic heterocycles. The summed E-state index contributed by atoms with van der Waals surface area (Å²) in [6.07, 6.45) is 1.41. The van der Waals surface area contributed by atoms with Gasteiger partial charge in [-0.1, -0.05) is 48.5 Å². The standard InChI is InChI=1S/C22H22N4O4/c1-26-12-18(14-4-6-15(7-5-14)21(23)24)25-22(26)16-8-2-13(3-9-16)17(10-19(27)28)11-20(29)30/h2-9,12,17H,10-11H2,1H3,(H3,23,24)(H,27,28)(H,29,30). The SMILES string of the molecule is Cn1cc(-c2ccc(C(=N)N)cc2)nc1-c1ccc(C(CC(=O)O)CC(=O)O)cc1. The summed E-state index contributed by atoms with van der Waals surface area (Å²) in [6.45, 7) is 0. The molecule has 0 saturated carbocycles. The average Bonchev–Trinajstić information content (AvgIpc) is 3.08. The lowest BCUT2D eigenvalue weighted by molar-refractivity contribution is -0.139. The van der Waals surface area contributed by atoms with Crippen molar-refractivity contribution in [1.82, 2.24) is 9.55 Å². The number of amidine groups is 1. The Bertz CT molecular complexity index is 1070. The molecule has 8 heteroatoms. The summed E-state index contributed by atoms with van der Waals surface area (Å²) in [5.74, 6) is -1.93. The van der Waals surface area contributed by atoms with E-state index >= 15 is 0 Å². The topological polar surface area (TPSA) is 142 Å². The van der Waals surface area contributed by atoms with Crippen molar-refractivity contribution in [3.8, 4) is 22.6 Å². The highest BCUT2D eigenvalue weighted by molar-refractivity contribution is 5.95. The van der Waals surface area contributed by atoms with Crippen LogP contribution in [0.15, 0.2) is 54.7 Å². The minimum absolute atomic E-state index is 0.00690. The number of nitrogens with one attached hydrogen (secondary N) is 1. The third kappa shape index (κ3) is 4.72. The van der Waals surface area contributed by atoms with Gasteiger partial charge in [-0.2, -0.15) is 0 Å². The first-order chi connectivity index (χ1) is 14.2. The van der Waals surface area contributed by atoms with E-state index in [1.807, 2.05) is 42.1 Å². The fraction of sp³-hybridized carbons (Fsp3) is 0.182. The highest BCUT2D eigenvalue weighted by Crippen LogP contribution is 2.28. The van der Waals surface area contributed by atoms with Gasteiger partial charge in [0.2, 0.25) is 0 Å². The monoisotopic (exact) mass is 406 g/mol. The number of carboxylic acid groups (broad SMARTS) is 2. The Morgan fingerprint density at radius 2 is 1.53 bits per heavy atom. The van der Waals surface area contributed by atoms with Crippen LogP contribution in [-0.4, -0.2) is 37.5 Å². The van der Waals surface area contributed by atoms with E-state index in [-0.39, 0.29) is 18.7 Å². The first-order valence-corrected chi connectivity index (χ1v) is 9.26. The molecule has 1 aromatic heterocycles. The predicted molar refractivity (Wildman–Crippen MR) is 112 cm³/mol. The molecule has 0 amide bonds. The van der Waals surface area contributed by atoms with Crippen molar-refractivity contribution in [3.63, 3.8) is 0 Å². The molecule has 1 heterocycles. The van der Waals surface area contributed by atoms with Crippen molar-refractivity contribution >= 4 is 17.8 Å². The number of rotatable bonds is 8. The van der Waals surface area contributed by atoms with Crippen LogP contribution in [0.3, 0.4) is 0 Å². The molecular formula is C22H22N4O4. The Labute approximate surface area is 173 Å². The first kappa shape index (κ1) is 20.8. The number of benzene rings is 2. The zero-order chi connectivity index (χ0) is 21.8. The minimum atomic E-state index is -1.03. The Balaban J connectivity index is 1.86. The van der Waals surface area contributed by atoms with Crippen molar-refractivity contribution in [3.05, 3.63) is 65.9 Å². The van der Waals surface area contributed by atoms with E-state index in [0.29, 0.717) is 11.1 Å². The smallest absolute Gasteiger partial charge is 0.303 e. The number of aromatic nitrogens is 2. The van der Waals surface area contributed by atoms with Gasteiger partial charge in [-0.3, -0.25) is 15.0 Å². The van der Waals surface area contributed by atoms with Gasteiger partial charge in [0.05, 0.1) is 18.5 Å². The highest BCUT2D eigenvalue weighted by Gasteiger charge is 2.19. The largest absolute Gasteiger partial charge is 0.481 e. The van der Waals surface area contributed by atoms with E-state index in [1.54, 1.807) is 24.3 Å². The van der Waals surface area contributed by atoms with Gasteiger partial charge in [0.15, 0.2) is 0 Å². The number of imidazole rings is 1. The van der Waals surface area contributed by atoms with Crippen molar-refractivity contribution in [2.75, 3.05) is 0 Å². The number of nitrogen functional groups attached to an aromatic ring is 1. The Hall–Kier alpha value is -3.94. The molecule has 0 fully saturated rings. The molecule has 0 bridgehead atoms. The number of hydrogen-bond acceptors (Lipinski definition) is 4. The van der Waals surface area contributed by atoms with Crippen molar-refractivity contribution in [2.24, 2.45) is 12.8 Å². The molecule has 5 N–H and O–H groups in total. The summed E-state index contributed by atoms with van der Waals surface area (Å²) in [6, 6.07) is 14.4. The molecule has 30 heavy (non-hydrogen) atoms. The lowest BCUT2D eigenvalue weighted by Gasteiger charge is -2.13. The fourth-order valence-corrected chi connectivity index (χ4v) is 3.33. The third-order valence-corrected chi connectivity index (χ3v) is 4.85. The van der Waals surface area contributed by atoms with Gasteiger partial charge in [-0.25, -0.2) is 4.98 Å². The lowest BCUT2D eigenvalue weighted by atomic mass is 9.92. The molecule has 8 nitrogen and oxygen atoms in total. The van der Waals surface area contributed by atoms with E-state index in [2.05, 4.69) is 4.98 Å². The zero-order valence-corrected chi connectivity index (χ0v) is 16.4. The lowest BCUT2D eigenvalue weighted by Crippen LogP contribution is -2.11. The maximum absolute atomic E-state index is 11.1. The van der Waals surface area contributed by atoms with Crippen LogP contribution in [0, 0.1) is 5.41 Å². The van der Waals surface area contributed by atoms with Crippen molar-refractivity contribution in [1.29, 1.82) is 5.41 Å².